The first-order chi connectivity index (χ1) is 16.5. The van der Waals surface area contributed by atoms with Gasteiger partial charge in [-0.1, -0.05) is 88.1 Å². The fraction of sp³-hybridized carbons (Fsp3) is 0.500. The van der Waals surface area contributed by atoms with E-state index in [4.69, 9.17) is 14.2 Å². The summed E-state index contributed by atoms with van der Waals surface area (Å²) in [6.45, 7) is 8.29. The van der Waals surface area contributed by atoms with Crippen LogP contribution in [0.15, 0.2) is 66.9 Å². The van der Waals surface area contributed by atoms with Gasteiger partial charge >= 0.3 is 5.97 Å². The number of carbonyl (C=O) groups excluding carboxylic acids is 1. The lowest BCUT2D eigenvalue weighted by Gasteiger charge is -2.29. The van der Waals surface area contributed by atoms with Crippen LogP contribution in [0.5, 0.6) is 5.75 Å². The first-order valence-corrected chi connectivity index (χ1v) is 12.7. The van der Waals surface area contributed by atoms with Gasteiger partial charge < -0.3 is 14.2 Å². The zero-order chi connectivity index (χ0) is 24.6. The van der Waals surface area contributed by atoms with Crippen molar-refractivity contribution in [3.05, 3.63) is 78.1 Å². The predicted octanol–water partition coefficient (Wildman–Crippen LogP) is 7.82. The maximum absolute atomic E-state index is 11.2. The Balaban J connectivity index is 2.15. The van der Waals surface area contributed by atoms with Crippen LogP contribution in [0.3, 0.4) is 0 Å². The topological polar surface area (TPSA) is 44.8 Å². The molecule has 2 aromatic carbocycles. The lowest BCUT2D eigenvalue weighted by molar-refractivity contribution is -0.137. The van der Waals surface area contributed by atoms with Gasteiger partial charge in [0.1, 0.15) is 11.5 Å². The van der Waals surface area contributed by atoms with E-state index >= 15 is 0 Å². The summed E-state index contributed by atoms with van der Waals surface area (Å²) in [5.41, 5.74) is 2.44. The molecule has 2 unspecified atom stereocenters. The van der Waals surface area contributed by atoms with Crippen LogP contribution in [0.25, 0.3) is 0 Å². The van der Waals surface area contributed by atoms with Crippen LogP contribution in [0.1, 0.15) is 88.7 Å². The second-order valence-electron chi connectivity index (χ2n) is 8.86. The second kappa shape index (κ2) is 16.1. The molecule has 0 radical (unpaired) electrons. The van der Waals surface area contributed by atoms with E-state index in [1.807, 2.05) is 18.2 Å². The third-order valence-corrected chi connectivity index (χ3v) is 6.07. The highest BCUT2D eigenvalue weighted by Gasteiger charge is 2.26. The van der Waals surface area contributed by atoms with E-state index in [9.17, 15) is 4.79 Å². The number of rotatable bonds is 17. The molecule has 0 aromatic heterocycles. The number of esters is 1. The van der Waals surface area contributed by atoms with Gasteiger partial charge in [-0.25, -0.2) is 0 Å². The highest BCUT2D eigenvalue weighted by Crippen LogP contribution is 2.34. The van der Waals surface area contributed by atoms with E-state index in [2.05, 4.69) is 49.9 Å². The van der Waals surface area contributed by atoms with E-state index in [1.54, 1.807) is 7.11 Å². The monoisotopic (exact) mass is 466 g/mol. The molecule has 186 valence electrons. The van der Waals surface area contributed by atoms with Crippen molar-refractivity contribution in [1.29, 1.82) is 0 Å². The minimum absolute atomic E-state index is 0.0107. The second-order valence-corrected chi connectivity index (χ2v) is 8.86. The molecule has 0 fully saturated rings. The number of methoxy groups -OCH3 is 1. The normalized spacial score (nSPS) is 12.7. The van der Waals surface area contributed by atoms with Crippen molar-refractivity contribution in [2.24, 2.45) is 0 Å². The summed E-state index contributed by atoms with van der Waals surface area (Å²) >= 11 is 0. The van der Waals surface area contributed by atoms with Crippen molar-refractivity contribution in [2.75, 3.05) is 13.7 Å². The number of benzene rings is 2. The zero-order valence-electron chi connectivity index (χ0n) is 21.3. The predicted molar refractivity (Wildman–Crippen MR) is 139 cm³/mol. The summed E-state index contributed by atoms with van der Waals surface area (Å²) in [5.74, 6) is 1.15. The van der Waals surface area contributed by atoms with E-state index in [-0.39, 0.29) is 18.0 Å². The summed E-state index contributed by atoms with van der Waals surface area (Å²) < 4.78 is 17.1. The van der Waals surface area contributed by atoms with E-state index in [0.717, 1.165) is 31.6 Å². The van der Waals surface area contributed by atoms with Crippen molar-refractivity contribution in [3.63, 3.8) is 0 Å². The van der Waals surface area contributed by atoms with Crippen molar-refractivity contribution in [2.45, 2.75) is 83.7 Å². The number of hydrogen-bond acceptors (Lipinski definition) is 4. The van der Waals surface area contributed by atoms with Crippen LogP contribution < -0.4 is 4.74 Å². The van der Waals surface area contributed by atoms with Gasteiger partial charge in [0.2, 0.25) is 0 Å². The van der Waals surface area contributed by atoms with Gasteiger partial charge in [0.25, 0.3) is 0 Å². The van der Waals surface area contributed by atoms with Gasteiger partial charge in [-0.3, -0.25) is 4.79 Å². The molecule has 0 aliphatic carbocycles. The number of allylic oxidation sites excluding steroid dienone is 1. The number of hydrogen-bond donors (Lipinski definition) is 0. The smallest absolute Gasteiger partial charge is 0.307 e. The fourth-order valence-electron chi connectivity index (χ4n) is 4.31. The SMILES string of the molecule is C=C(CCCC(OCCCCCCCC)C(c1ccccc1)c1ccc(OC)cc1)OC(C)=O. The van der Waals surface area contributed by atoms with Crippen molar-refractivity contribution < 1.29 is 19.0 Å². The molecule has 0 amide bonds. The van der Waals surface area contributed by atoms with Crippen LogP contribution in [-0.4, -0.2) is 25.8 Å². The molecular weight excluding hydrogens is 424 g/mol. The van der Waals surface area contributed by atoms with Crippen LogP contribution in [0, 0.1) is 0 Å². The largest absolute Gasteiger partial charge is 0.497 e. The van der Waals surface area contributed by atoms with Crippen LogP contribution in [0.4, 0.5) is 0 Å². The van der Waals surface area contributed by atoms with Crippen LogP contribution in [0.2, 0.25) is 0 Å². The molecule has 0 aliphatic heterocycles. The molecule has 2 aromatic rings. The Kier molecular flexibility index (Phi) is 13.1. The lowest BCUT2D eigenvalue weighted by atomic mass is 9.84. The summed E-state index contributed by atoms with van der Waals surface area (Å²) in [6.07, 6.45) is 9.76. The average molecular weight is 467 g/mol. The molecular formula is C30H42O4. The van der Waals surface area contributed by atoms with Gasteiger partial charge in [0.05, 0.1) is 13.2 Å². The Morgan fingerprint density at radius 3 is 2.18 bits per heavy atom. The Labute approximate surface area is 206 Å². The van der Waals surface area contributed by atoms with Crippen LogP contribution in [-0.2, 0) is 14.3 Å². The fourth-order valence-corrected chi connectivity index (χ4v) is 4.31. The maximum atomic E-state index is 11.2. The Morgan fingerprint density at radius 1 is 0.882 bits per heavy atom. The van der Waals surface area contributed by atoms with Gasteiger partial charge in [-0.2, -0.15) is 0 Å². The first-order valence-electron chi connectivity index (χ1n) is 12.7. The Hall–Kier alpha value is -2.59. The Bertz CT molecular complexity index is 829. The molecule has 0 heterocycles. The third-order valence-electron chi connectivity index (χ3n) is 6.07. The third kappa shape index (κ3) is 10.1. The van der Waals surface area contributed by atoms with E-state index in [1.165, 1.54) is 50.2 Å². The quantitative estimate of drug-likeness (QED) is 0.135. The van der Waals surface area contributed by atoms with Crippen molar-refractivity contribution in [3.8, 4) is 5.75 Å². The van der Waals surface area contributed by atoms with Gasteiger partial charge in [-0.15, -0.1) is 0 Å². The molecule has 0 spiro atoms. The molecule has 2 atom stereocenters. The van der Waals surface area contributed by atoms with Crippen LogP contribution >= 0.6 is 0 Å². The summed E-state index contributed by atoms with van der Waals surface area (Å²) in [5, 5.41) is 0. The van der Waals surface area contributed by atoms with E-state index < -0.39 is 0 Å². The van der Waals surface area contributed by atoms with Crippen molar-refractivity contribution >= 4 is 5.97 Å². The summed E-state index contributed by atoms with van der Waals surface area (Å²) in [4.78, 5) is 11.2. The molecule has 0 N–H and O–H groups in total. The van der Waals surface area contributed by atoms with Gasteiger partial charge in [0, 0.05) is 25.9 Å². The molecule has 4 heteroatoms. The number of carbonyl (C=O) groups is 1. The molecule has 0 saturated carbocycles. The molecule has 2 rings (SSSR count). The van der Waals surface area contributed by atoms with Crippen molar-refractivity contribution in [1.82, 2.24) is 0 Å². The number of unbranched alkanes of at least 4 members (excludes halogenated alkanes) is 5. The minimum atomic E-state index is -0.318. The highest BCUT2D eigenvalue weighted by molar-refractivity contribution is 5.67. The molecule has 34 heavy (non-hydrogen) atoms. The summed E-state index contributed by atoms with van der Waals surface area (Å²) in [7, 11) is 1.69. The number of ether oxygens (including phenoxy) is 3. The van der Waals surface area contributed by atoms with E-state index in [0.29, 0.717) is 12.2 Å². The standard InChI is InChI=1S/C30H42O4/c1-5-6-7-8-9-13-23-33-29(18-14-15-24(2)34-25(3)31)30(26-16-11-10-12-17-26)27-19-21-28(32-4)22-20-27/h10-12,16-17,19-22,29-30H,2,5-9,13-15,18,23H2,1,3-4H3. The Morgan fingerprint density at radius 2 is 1.53 bits per heavy atom. The first kappa shape index (κ1) is 27.7. The molecule has 4 nitrogen and oxygen atoms in total. The lowest BCUT2D eigenvalue weighted by Crippen LogP contribution is -2.24. The minimum Gasteiger partial charge on any atom is -0.497 e. The maximum Gasteiger partial charge on any atom is 0.307 e. The average Bonchev–Trinajstić information content (AvgIpc) is 2.84. The molecule has 0 saturated heterocycles. The highest BCUT2D eigenvalue weighted by atomic mass is 16.5. The van der Waals surface area contributed by atoms with Gasteiger partial charge in [-0.05, 0) is 42.5 Å². The zero-order valence-corrected chi connectivity index (χ0v) is 21.3. The molecule has 0 aliphatic rings. The summed E-state index contributed by atoms with van der Waals surface area (Å²) in [6, 6.07) is 18.9. The molecule has 0 bridgehead atoms. The van der Waals surface area contributed by atoms with Gasteiger partial charge in [0.15, 0.2) is 0 Å².